The van der Waals surface area contributed by atoms with Crippen LogP contribution < -0.4 is 24.8 Å². The van der Waals surface area contributed by atoms with Crippen molar-refractivity contribution in [2.24, 2.45) is 43.8 Å². The van der Waals surface area contributed by atoms with E-state index in [0.717, 1.165) is 22.4 Å². The standard InChI is InChI=1S/C45H51.C2H6Si.2ClH.Zr/c1-10-17-32-28-36-34-21-12-11-19-31(34)23-24-35(36)38(32)37-22-16-27-40(4)39(3)25-13-14-26-41(39,5)45(9)42(6,44(37,40)8)29-33-20-15-18-30(2)43(33,45)7;1-3-2;;;/h11-16,18-29,33,38H,10,17H2,1-9H3;1-2H3;2*1H;/q-1;;;;+3/p-2. The SMILES string of the molecule is CCCC1=Cc2c(ccc3ccccc23)C1C1=CC=CC2(C)C3(C)C=CC=CC3(C)C3(C)C4(C)C(C)=CC=CC4[CH-]C3(C)C12C.C[Si]C.[Cl-].[Cl-].[Zr+3]. The monoisotopic (exact) mass is 809 g/mol. The van der Waals surface area contributed by atoms with Gasteiger partial charge in [0.1, 0.15) is 0 Å². The summed E-state index contributed by atoms with van der Waals surface area (Å²) in [6, 6.07) is 13.8. The van der Waals surface area contributed by atoms with E-state index in [2.05, 4.69) is 185 Å². The van der Waals surface area contributed by atoms with Crippen molar-refractivity contribution in [3.8, 4) is 0 Å². The van der Waals surface area contributed by atoms with Crippen LogP contribution in [-0.2, 0) is 26.2 Å². The number of allylic oxidation sites excluding steroid dienone is 13. The van der Waals surface area contributed by atoms with Crippen molar-refractivity contribution >= 4 is 26.4 Å². The maximum Gasteiger partial charge on any atom is 3.00 e. The van der Waals surface area contributed by atoms with Gasteiger partial charge in [-0.2, -0.15) is 0 Å². The van der Waals surface area contributed by atoms with E-state index in [-0.39, 0.29) is 94.8 Å². The molecule has 2 aromatic rings. The molecule has 4 heteroatoms. The minimum absolute atomic E-state index is 0. The average Bonchev–Trinajstić information content (AvgIpc) is 3.52. The van der Waals surface area contributed by atoms with Crippen LogP contribution in [0.4, 0.5) is 0 Å². The van der Waals surface area contributed by atoms with Crippen molar-refractivity contribution < 1.29 is 51.0 Å². The summed E-state index contributed by atoms with van der Waals surface area (Å²) >= 11 is 0. The Bertz CT molecular complexity index is 1910. The van der Waals surface area contributed by atoms with Crippen molar-refractivity contribution in [3.05, 3.63) is 131 Å². The smallest absolute Gasteiger partial charge is 1.00 e. The van der Waals surface area contributed by atoms with Gasteiger partial charge in [0.15, 0.2) is 0 Å². The molecule has 2 saturated carbocycles. The first-order valence-electron chi connectivity index (χ1n) is 18.5. The van der Waals surface area contributed by atoms with E-state index < -0.39 is 0 Å². The molecule has 0 amide bonds. The average molecular weight is 812 g/mol. The van der Waals surface area contributed by atoms with Crippen molar-refractivity contribution in [2.75, 3.05) is 0 Å². The molecule has 2 aromatic carbocycles. The van der Waals surface area contributed by atoms with Crippen LogP contribution in [0.25, 0.3) is 16.8 Å². The zero-order chi connectivity index (χ0) is 34.5. The fourth-order valence-corrected chi connectivity index (χ4v) is 12.9. The van der Waals surface area contributed by atoms with Gasteiger partial charge in [-0.3, -0.25) is 0 Å². The van der Waals surface area contributed by atoms with E-state index in [9.17, 15) is 0 Å². The molecule has 0 saturated heterocycles. The molecular weight excluding hydrogens is 755 g/mol. The first-order valence-corrected chi connectivity index (χ1v) is 20.5. The summed E-state index contributed by atoms with van der Waals surface area (Å²) in [5.74, 6) is 0.668. The predicted octanol–water partition coefficient (Wildman–Crippen LogP) is 6.94. The van der Waals surface area contributed by atoms with Crippen LogP contribution in [0.15, 0.2) is 114 Å². The molecule has 0 N–H and O–H groups in total. The van der Waals surface area contributed by atoms with Gasteiger partial charge >= 0.3 is 26.2 Å². The van der Waals surface area contributed by atoms with Gasteiger partial charge in [0.05, 0.1) is 0 Å². The zero-order valence-electron chi connectivity index (χ0n) is 32.7. The third-order valence-corrected chi connectivity index (χ3v) is 16.1. The van der Waals surface area contributed by atoms with Crippen LogP contribution in [0.1, 0.15) is 92.2 Å². The summed E-state index contributed by atoms with van der Waals surface area (Å²) in [5, 5.41) is 2.73. The summed E-state index contributed by atoms with van der Waals surface area (Å²) in [7, 11) is 1.08. The summed E-state index contributed by atoms with van der Waals surface area (Å²) in [6.07, 6.45) is 32.6. The Labute approximate surface area is 344 Å². The van der Waals surface area contributed by atoms with Gasteiger partial charge < -0.3 is 31.2 Å². The predicted molar refractivity (Wildman–Crippen MR) is 210 cm³/mol. The van der Waals surface area contributed by atoms with E-state index >= 15 is 0 Å². The van der Waals surface area contributed by atoms with E-state index in [0.29, 0.717) is 5.92 Å². The molecular formula is C47H57Cl2SiZr. The van der Waals surface area contributed by atoms with Gasteiger partial charge in [-0.1, -0.05) is 189 Å². The molecule has 0 aliphatic heterocycles. The number of benzene rings is 2. The summed E-state index contributed by atoms with van der Waals surface area (Å²) in [5.41, 5.74) is 6.99. The quantitative estimate of drug-likeness (QED) is 0.233. The van der Waals surface area contributed by atoms with Gasteiger partial charge in [-0.25, -0.2) is 0 Å². The second-order valence-corrected chi connectivity index (χ2v) is 18.1. The first-order chi connectivity index (χ1) is 22.7. The number of hydrogen-bond acceptors (Lipinski definition) is 0. The topological polar surface area (TPSA) is 0 Å². The fourth-order valence-electron chi connectivity index (χ4n) is 12.9. The molecule has 6 aliphatic carbocycles. The normalized spacial score (nSPS) is 40.3. The summed E-state index contributed by atoms with van der Waals surface area (Å²) < 4.78 is 0. The molecule has 0 spiro atoms. The molecule has 0 bridgehead atoms. The van der Waals surface area contributed by atoms with E-state index in [1.165, 1.54) is 27.5 Å². The minimum atomic E-state index is -0.160. The molecule has 2 fully saturated rings. The summed E-state index contributed by atoms with van der Waals surface area (Å²) in [6.45, 7) is 27.6. The largest absolute Gasteiger partial charge is 3.00 e. The maximum atomic E-state index is 2.85. The molecule has 0 heterocycles. The van der Waals surface area contributed by atoms with Crippen LogP contribution in [0.2, 0.25) is 13.1 Å². The van der Waals surface area contributed by atoms with Crippen LogP contribution in [-0.4, -0.2) is 9.52 Å². The first kappa shape index (κ1) is 42.3. The van der Waals surface area contributed by atoms with E-state index in [1.54, 1.807) is 11.1 Å². The molecule has 267 valence electrons. The zero-order valence-corrected chi connectivity index (χ0v) is 37.7. The molecule has 0 aromatic heterocycles. The number of rotatable bonds is 3. The van der Waals surface area contributed by atoms with Crippen molar-refractivity contribution in [3.63, 3.8) is 0 Å². The van der Waals surface area contributed by atoms with Crippen molar-refractivity contribution in [1.82, 2.24) is 0 Å². The van der Waals surface area contributed by atoms with Gasteiger partial charge in [-0.05, 0) is 56.9 Å². The molecule has 9 atom stereocenters. The van der Waals surface area contributed by atoms with Crippen LogP contribution in [0, 0.1) is 50.2 Å². The molecule has 9 unspecified atom stereocenters. The summed E-state index contributed by atoms with van der Waals surface area (Å²) in [4.78, 5) is 0. The minimum Gasteiger partial charge on any atom is -1.00 e. The van der Waals surface area contributed by atoms with Crippen LogP contribution in [0.3, 0.4) is 0 Å². The molecule has 3 radical (unpaired) electrons. The number of halogens is 2. The second-order valence-electron chi connectivity index (χ2n) is 17.1. The van der Waals surface area contributed by atoms with Gasteiger partial charge in [0.25, 0.3) is 0 Å². The van der Waals surface area contributed by atoms with E-state index in [4.69, 9.17) is 0 Å². The Balaban J connectivity index is 0.000000940. The Morgan fingerprint density at radius 2 is 1.39 bits per heavy atom. The van der Waals surface area contributed by atoms with E-state index in [1.807, 2.05) is 0 Å². The Kier molecular flexibility index (Phi) is 11.6. The Hall–Kier alpha value is -1.44. The second kappa shape index (κ2) is 14.0. The fraction of sp³-hybridized carbons (Fsp3) is 0.468. The van der Waals surface area contributed by atoms with Crippen LogP contribution in [0.5, 0.6) is 0 Å². The van der Waals surface area contributed by atoms with Gasteiger partial charge in [0.2, 0.25) is 0 Å². The molecule has 6 aliphatic rings. The van der Waals surface area contributed by atoms with Crippen molar-refractivity contribution in [2.45, 2.75) is 94.2 Å². The maximum absolute atomic E-state index is 2.85. The third-order valence-electron chi connectivity index (χ3n) is 16.1. The van der Waals surface area contributed by atoms with Gasteiger partial charge in [0, 0.05) is 26.3 Å². The van der Waals surface area contributed by atoms with Gasteiger partial charge in [-0.15, -0.1) is 17.4 Å². The molecule has 51 heavy (non-hydrogen) atoms. The Morgan fingerprint density at radius 3 is 2.06 bits per heavy atom. The molecule has 0 nitrogen and oxygen atoms in total. The third kappa shape index (κ3) is 4.71. The Morgan fingerprint density at radius 1 is 0.765 bits per heavy atom. The molecule has 8 rings (SSSR count). The number of fused-ring (bicyclic) bond motifs is 11. The van der Waals surface area contributed by atoms with Crippen molar-refractivity contribution in [1.29, 1.82) is 0 Å². The van der Waals surface area contributed by atoms with Crippen LogP contribution >= 0.6 is 0 Å². The number of hydrogen-bond donors (Lipinski definition) is 0.